The van der Waals surface area contributed by atoms with Crippen molar-refractivity contribution in [2.75, 3.05) is 5.32 Å². The molecule has 2 aliphatic rings. The third-order valence-electron chi connectivity index (χ3n) is 8.16. The van der Waals surface area contributed by atoms with Gasteiger partial charge in [0.05, 0.1) is 17.2 Å². The standard InChI is InChI=1S/C28H28F7N3O2/c1-14-7-5-9-18(21(14)24(40)38(36)22-17-8-6-10-19(17)25(22,3)4)23(39)37-20-12-11-16(13-15(20)2)26(29,27(30,31)32)28(33,34)35/h5-7,9-13,17,19,22H,8,36H2,1-4H3,(H,37,39)/t17-,19+,22?/m1/s1. The molecule has 3 atom stereocenters. The molecule has 12 heteroatoms. The quantitative estimate of drug-likeness (QED) is 0.137. The van der Waals surface area contributed by atoms with Crippen molar-refractivity contribution in [1.29, 1.82) is 0 Å². The van der Waals surface area contributed by atoms with Crippen LogP contribution in [-0.2, 0) is 5.67 Å². The number of benzene rings is 2. The SMILES string of the molecule is Cc1cc(C(F)(C(F)(F)F)C(F)(F)F)ccc1NC(=O)c1cccc(C)c1C(=O)N(N)C1[C@@H]2CC=C[C@@H]2C1(C)C. The van der Waals surface area contributed by atoms with Crippen molar-refractivity contribution in [1.82, 2.24) is 5.01 Å². The van der Waals surface area contributed by atoms with Gasteiger partial charge in [0.2, 0.25) is 0 Å². The number of rotatable bonds is 5. The first kappa shape index (κ1) is 29.6. The Bertz CT molecular complexity index is 1370. The number of alkyl halides is 7. The fourth-order valence-electron chi connectivity index (χ4n) is 6.08. The Kier molecular flexibility index (Phi) is 7.10. The first-order chi connectivity index (χ1) is 18.3. The van der Waals surface area contributed by atoms with Gasteiger partial charge in [0, 0.05) is 11.3 Å². The summed E-state index contributed by atoms with van der Waals surface area (Å²) in [6, 6.07) is 5.65. The minimum Gasteiger partial charge on any atom is -0.322 e. The highest BCUT2D eigenvalue weighted by Gasteiger charge is 2.73. The van der Waals surface area contributed by atoms with Crippen molar-refractivity contribution < 1.29 is 40.3 Å². The summed E-state index contributed by atoms with van der Waals surface area (Å²) in [6.07, 6.45) is -7.62. The molecule has 2 aromatic rings. The highest BCUT2D eigenvalue weighted by Crippen LogP contribution is 2.58. The summed E-state index contributed by atoms with van der Waals surface area (Å²) in [5.41, 5.74) is -7.62. The van der Waals surface area contributed by atoms with Gasteiger partial charge in [-0.3, -0.25) is 14.6 Å². The van der Waals surface area contributed by atoms with Crippen LogP contribution in [-0.4, -0.2) is 35.2 Å². The number of fused-ring (bicyclic) bond motifs is 1. The van der Waals surface area contributed by atoms with E-state index in [1.807, 2.05) is 19.9 Å². The smallest absolute Gasteiger partial charge is 0.322 e. The van der Waals surface area contributed by atoms with Crippen molar-refractivity contribution in [3.8, 4) is 0 Å². The van der Waals surface area contributed by atoms with Crippen LogP contribution in [0.5, 0.6) is 0 Å². The van der Waals surface area contributed by atoms with Crippen LogP contribution >= 0.6 is 0 Å². The van der Waals surface area contributed by atoms with Crippen molar-refractivity contribution in [2.45, 2.75) is 58.2 Å². The van der Waals surface area contributed by atoms with Gasteiger partial charge in [-0.1, -0.05) is 50.3 Å². The number of nitrogens with zero attached hydrogens (tertiary/aromatic N) is 1. The number of amides is 2. The minimum atomic E-state index is -6.27. The number of carbonyl (C=O) groups excluding carboxylic acids is 2. The molecule has 0 spiro atoms. The predicted octanol–water partition coefficient (Wildman–Crippen LogP) is 6.76. The number of halogens is 7. The largest absolute Gasteiger partial charge is 0.435 e. The maximum Gasteiger partial charge on any atom is 0.435 e. The van der Waals surface area contributed by atoms with Gasteiger partial charge in [0.25, 0.3) is 11.8 Å². The van der Waals surface area contributed by atoms with Gasteiger partial charge in [-0.15, -0.1) is 0 Å². The molecule has 0 radical (unpaired) electrons. The molecule has 2 aromatic carbocycles. The van der Waals surface area contributed by atoms with Gasteiger partial charge in [-0.25, -0.2) is 10.2 Å². The van der Waals surface area contributed by atoms with Crippen molar-refractivity contribution in [3.05, 3.63) is 76.4 Å². The van der Waals surface area contributed by atoms with Gasteiger partial charge in [-0.2, -0.15) is 26.3 Å². The van der Waals surface area contributed by atoms with E-state index >= 15 is 0 Å². The molecule has 0 aromatic heterocycles. The zero-order valence-electron chi connectivity index (χ0n) is 22.0. The number of carbonyl (C=O) groups is 2. The molecule has 3 N–H and O–H groups in total. The fourth-order valence-corrected chi connectivity index (χ4v) is 6.08. The van der Waals surface area contributed by atoms with E-state index in [4.69, 9.17) is 5.84 Å². The summed E-state index contributed by atoms with van der Waals surface area (Å²) in [4.78, 5) is 26.9. The van der Waals surface area contributed by atoms with Crippen LogP contribution in [0.15, 0.2) is 48.6 Å². The lowest BCUT2D eigenvalue weighted by atomic mass is 9.53. The van der Waals surface area contributed by atoms with Gasteiger partial charge >= 0.3 is 18.0 Å². The average Bonchev–Trinajstić information content (AvgIpc) is 3.29. The summed E-state index contributed by atoms with van der Waals surface area (Å²) in [5.74, 6) is 5.29. The van der Waals surface area contributed by atoms with E-state index in [-0.39, 0.29) is 45.7 Å². The lowest BCUT2D eigenvalue weighted by Crippen LogP contribution is -2.66. The first-order valence-electron chi connectivity index (χ1n) is 12.4. The molecule has 5 nitrogen and oxygen atoms in total. The van der Waals surface area contributed by atoms with E-state index in [2.05, 4.69) is 11.4 Å². The van der Waals surface area contributed by atoms with Crippen LogP contribution in [0.1, 0.15) is 57.7 Å². The van der Waals surface area contributed by atoms with E-state index in [1.165, 1.54) is 12.1 Å². The molecule has 0 aliphatic heterocycles. The van der Waals surface area contributed by atoms with Crippen LogP contribution in [0.3, 0.4) is 0 Å². The van der Waals surface area contributed by atoms with Gasteiger partial charge in [-0.05, 0) is 60.8 Å². The number of anilines is 1. The fraction of sp³-hybridized carbons (Fsp3) is 0.429. The van der Waals surface area contributed by atoms with Crippen LogP contribution < -0.4 is 11.2 Å². The molecular weight excluding hydrogens is 543 g/mol. The lowest BCUT2D eigenvalue weighted by molar-refractivity contribution is -0.348. The summed E-state index contributed by atoms with van der Waals surface area (Å²) >= 11 is 0. The van der Waals surface area contributed by atoms with Crippen molar-refractivity contribution in [3.63, 3.8) is 0 Å². The Hall–Kier alpha value is -3.41. The van der Waals surface area contributed by atoms with E-state index in [9.17, 15) is 40.3 Å². The third-order valence-corrected chi connectivity index (χ3v) is 8.16. The number of nitrogens with one attached hydrogen (secondary N) is 1. The number of hydrazine groups is 1. The Balaban J connectivity index is 1.63. The number of hydrogen-bond donors (Lipinski definition) is 2. The molecule has 1 saturated carbocycles. The minimum absolute atomic E-state index is 0.0129. The molecule has 216 valence electrons. The molecule has 1 fully saturated rings. The number of nitrogens with two attached hydrogens (primary N) is 1. The van der Waals surface area contributed by atoms with Crippen LogP contribution in [0, 0.1) is 31.1 Å². The number of hydrogen-bond acceptors (Lipinski definition) is 3. The first-order valence-corrected chi connectivity index (χ1v) is 12.4. The summed E-state index contributed by atoms with van der Waals surface area (Å²) in [6.45, 7) is 6.74. The summed E-state index contributed by atoms with van der Waals surface area (Å²) in [5, 5.41) is 3.55. The molecule has 0 saturated heterocycles. The van der Waals surface area contributed by atoms with E-state index < -0.39 is 35.4 Å². The Morgan fingerprint density at radius 2 is 1.60 bits per heavy atom. The summed E-state index contributed by atoms with van der Waals surface area (Å²) < 4.78 is 93.5. The molecule has 2 amide bonds. The van der Waals surface area contributed by atoms with E-state index in [0.29, 0.717) is 17.7 Å². The Morgan fingerprint density at radius 1 is 0.975 bits per heavy atom. The number of allylic oxidation sites excluding steroid dienone is 2. The van der Waals surface area contributed by atoms with Gasteiger partial charge in [0.1, 0.15) is 0 Å². The highest BCUT2D eigenvalue weighted by molar-refractivity contribution is 6.13. The molecular formula is C28H28F7N3O2. The van der Waals surface area contributed by atoms with E-state index in [1.54, 1.807) is 13.0 Å². The van der Waals surface area contributed by atoms with Crippen LogP contribution in [0.2, 0.25) is 0 Å². The second-order valence-corrected chi connectivity index (χ2v) is 11.0. The molecule has 40 heavy (non-hydrogen) atoms. The highest BCUT2D eigenvalue weighted by atomic mass is 19.4. The van der Waals surface area contributed by atoms with Gasteiger partial charge in [0.15, 0.2) is 0 Å². The Morgan fingerprint density at radius 3 is 2.17 bits per heavy atom. The van der Waals surface area contributed by atoms with Crippen LogP contribution in [0.4, 0.5) is 36.4 Å². The lowest BCUT2D eigenvalue weighted by Gasteiger charge is -2.58. The topological polar surface area (TPSA) is 75.4 Å². The average molecular weight is 572 g/mol. The van der Waals surface area contributed by atoms with E-state index in [0.717, 1.165) is 24.4 Å². The summed E-state index contributed by atoms with van der Waals surface area (Å²) in [7, 11) is 0. The molecule has 1 unspecified atom stereocenters. The maximum absolute atomic E-state index is 14.5. The maximum atomic E-state index is 14.5. The third kappa shape index (κ3) is 4.46. The zero-order valence-corrected chi connectivity index (χ0v) is 22.0. The van der Waals surface area contributed by atoms with Crippen molar-refractivity contribution in [2.24, 2.45) is 23.1 Å². The second kappa shape index (κ2) is 9.60. The molecule has 2 aliphatic carbocycles. The van der Waals surface area contributed by atoms with Gasteiger partial charge < -0.3 is 5.32 Å². The van der Waals surface area contributed by atoms with Crippen molar-refractivity contribution >= 4 is 17.5 Å². The zero-order chi connectivity index (χ0) is 30.0. The molecule has 4 rings (SSSR count). The second-order valence-electron chi connectivity index (χ2n) is 11.0. The normalized spacial score (nSPS) is 21.9. The molecule has 0 heterocycles. The Labute approximate surface area is 226 Å². The number of aryl methyl sites for hydroxylation is 2. The molecule has 0 bridgehead atoms. The monoisotopic (exact) mass is 571 g/mol. The predicted molar refractivity (Wildman–Crippen MR) is 134 cm³/mol. The van der Waals surface area contributed by atoms with Crippen LogP contribution in [0.25, 0.3) is 0 Å².